The number of ether oxygens (including phenoxy) is 3. The van der Waals surface area contributed by atoms with Crippen LogP contribution in [0.4, 0.5) is 9.59 Å². The standard InChI is InChI=1S/C24H36N2O5/c1-23(2,3)31-22(28)26-16-12-24(4,13-17-26)30-20-10-14-25(15-11-20)21(27)29-18-19-8-6-5-7-9-19/h5-9,20H,10-18H2,1-4H3. The average molecular weight is 433 g/mol. The molecule has 2 aliphatic rings. The van der Waals surface area contributed by atoms with Gasteiger partial charge >= 0.3 is 12.2 Å². The normalized spacial score (nSPS) is 19.7. The van der Waals surface area contributed by atoms with E-state index in [9.17, 15) is 9.59 Å². The number of carbonyl (C=O) groups excluding carboxylic acids is 2. The lowest BCUT2D eigenvalue weighted by Crippen LogP contribution is -2.50. The van der Waals surface area contributed by atoms with E-state index >= 15 is 0 Å². The van der Waals surface area contributed by atoms with E-state index in [1.165, 1.54) is 0 Å². The van der Waals surface area contributed by atoms with E-state index in [1.54, 1.807) is 9.80 Å². The summed E-state index contributed by atoms with van der Waals surface area (Å²) in [6.45, 7) is 10.6. The summed E-state index contributed by atoms with van der Waals surface area (Å²) in [5.41, 5.74) is 0.253. The van der Waals surface area contributed by atoms with Crippen LogP contribution in [-0.2, 0) is 20.8 Å². The van der Waals surface area contributed by atoms with Crippen molar-refractivity contribution >= 4 is 12.2 Å². The molecule has 0 atom stereocenters. The molecule has 172 valence electrons. The smallest absolute Gasteiger partial charge is 0.410 e. The second-order valence-corrected chi connectivity index (χ2v) is 9.76. The van der Waals surface area contributed by atoms with Crippen molar-refractivity contribution < 1.29 is 23.8 Å². The molecule has 7 nitrogen and oxygen atoms in total. The van der Waals surface area contributed by atoms with Crippen LogP contribution in [0.2, 0.25) is 0 Å². The first kappa shape index (κ1) is 23.4. The summed E-state index contributed by atoms with van der Waals surface area (Å²) in [5.74, 6) is 0. The van der Waals surface area contributed by atoms with Crippen LogP contribution in [0.15, 0.2) is 30.3 Å². The Hall–Kier alpha value is -2.28. The largest absolute Gasteiger partial charge is 0.445 e. The summed E-state index contributed by atoms with van der Waals surface area (Å²) in [6.07, 6.45) is 2.77. The number of nitrogens with zero attached hydrogens (tertiary/aromatic N) is 2. The molecule has 0 aliphatic carbocycles. The van der Waals surface area contributed by atoms with E-state index in [0.29, 0.717) is 32.8 Å². The minimum Gasteiger partial charge on any atom is -0.445 e. The minimum atomic E-state index is -0.482. The third kappa shape index (κ3) is 7.13. The molecule has 0 radical (unpaired) electrons. The Morgan fingerprint density at radius 1 is 0.968 bits per heavy atom. The maximum absolute atomic E-state index is 12.3. The van der Waals surface area contributed by atoms with Crippen LogP contribution in [0.5, 0.6) is 0 Å². The van der Waals surface area contributed by atoms with Crippen LogP contribution < -0.4 is 0 Å². The Balaban J connectivity index is 1.38. The zero-order chi connectivity index (χ0) is 22.5. The summed E-state index contributed by atoms with van der Waals surface area (Å²) in [5, 5.41) is 0. The molecule has 0 spiro atoms. The summed E-state index contributed by atoms with van der Waals surface area (Å²) >= 11 is 0. The molecule has 31 heavy (non-hydrogen) atoms. The van der Waals surface area contributed by atoms with Gasteiger partial charge in [0.15, 0.2) is 0 Å². The highest BCUT2D eigenvalue weighted by molar-refractivity contribution is 5.68. The number of amides is 2. The second-order valence-electron chi connectivity index (χ2n) is 9.76. The Bertz CT molecular complexity index is 730. The second kappa shape index (κ2) is 9.90. The summed E-state index contributed by atoms with van der Waals surface area (Å²) in [4.78, 5) is 28.1. The molecule has 0 aromatic heterocycles. The van der Waals surface area contributed by atoms with E-state index in [2.05, 4.69) is 6.92 Å². The van der Waals surface area contributed by atoms with Crippen LogP contribution >= 0.6 is 0 Å². The van der Waals surface area contributed by atoms with Gasteiger partial charge in [0.05, 0.1) is 11.7 Å². The topological polar surface area (TPSA) is 68.3 Å². The zero-order valence-corrected chi connectivity index (χ0v) is 19.3. The Labute approximate surface area is 185 Å². The number of rotatable bonds is 4. The van der Waals surface area contributed by atoms with E-state index in [0.717, 1.165) is 31.2 Å². The number of hydrogen-bond donors (Lipinski definition) is 0. The first-order valence-electron chi connectivity index (χ1n) is 11.2. The molecule has 0 saturated carbocycles. The van der Waals surface area contributed by atoms with Gasteiger partial charge in [-0.25, -0.2) is 9.59 Å². The van der Waals surface area contributed by atoms with Crippen molar-refractivity contribution in [1.82, 2.24) is 9.80 Å². The van der Waals surface area contributed by atoms with Crippen molar-refractivity contribution in [3.63, 3.8) is 0 Å². The minimum absolute atomic E-state index is 0.122. The SMILES string of the molecule is CC(C)(C)OC(=O)N1CCC(C)(OC2CCN(C(=O)OCc3ccccc3)CC2)CC1. The molecule has 2 saturated heterocycles. The van der Waals surface area contributed by atoms with Gasteiger partial charge in [-0.15, -0.1) is 0 Å². The summed E-state index contributed by atoms with van der Waals surface area (Å²) in [6, 6.07) is 9.71. The predicted molar refractivity (Wildman–Crippen MR) is 118 cm³/mol. The van der Waals surface area contributed by atoms with Crippen LogP contribution in [0.3, 0.4) is 0 Å². The quantitative estimate of drug-likeness (QED) is 0.696. The number of carbonyl (C=O) groups is 2. The maximum atomic E-state index is 12.3. The van der Waals surface area contributed by atoms with Gasteiger partial charge in [-0.1, -0.05) is 30.3 Å². The fourth-order valence-corrected chi connectivity index (χ4v) is 3.98. The Kier molecular flexibility index (Phi) is 7.46. The molecule has 3 rings (SSSR count). The van der Waals surface area contributed by atoms with E-state index in [1.807, 2.05) is 51.1 Å². The molecular formula is C24H36N2O5. The number of piperidine rings is 2. The average Bonchev–Trinajstić information content (AvgIpc) is 2.72. The fraction of sp³-hybridized carbons (Fsp3) is 0.667. The zero-order valence-electron chi connectivity index (χ0n) is 19.3. The summed E-state index contributed by atoms with van der Waals surface area (Å²) in [7, 11) is 0. The van der Waals surface area contributed by atoms with Gasteiger partial charge in [-0.2, -0.15) is 0 Å². The number of hydrogen-bond acceptors (Lipinski definition) is 5. The third-order valence-corrected chi connectivity index (χ3v) is 5.83. The molecule has 2 aliphatic heterocycles. The highest BCUT2D eigenvalue weighted by atomic mass is 16.6. The molecule has 0 bridgehead atoms. The van der Waals surface area contributed by atoms with Crippen molar-refractivity contribution in [3.05, 3.63) is 35.9 Å². The van der Waals surface area contributed by atoms with Gasteiger partial charge in [-0.05, 0) is 58.9 Å². The maximum Gasteiger partial charge on any atom is 0.410 e. The molecule has 1 aromatic carbocycles. The molecule has 2 heterocycles. The predicted octanol–water partition coefficient (Wildman–Crippen LogP) is 4.59. The van der Waals surface area contributed by atoms with E-state index in [-0.39, 0.29) is 23.9 Å². The molecule has 0 unspecified atom stereocenters. The summed E-state index contributed by atoms with van der Waals surface area (Å²) < 4.78 is 17.4. The molecule has 1 aromatic rings. The fourth-order valence-electron chi connectivity index (χ4n) is 3.98. The van der Waals surface area contributed by atoms with Crippen LogP contribution in [-0.4, -0.2) is 65.5 Å². The molecule has 0 N–H and O–H groups in total. The van der Waals surface area contributed by atoms with Gasteiger partial charge in [0, 0.05) is 26.2 Å². The van der Waals surface area contributed by atoms with Gasteiger partial charge in [0.25, 0.3) is 0 Å². The number of likely N-dealkylation sites (tertiary alicyclic amines) is 2. The lowest BCUT2D eigenvalue weighted by Gasteiger charge is -2.43. The lowest BCUT2D eigenvalue weighted by atomic mass is 9.92. The van der Waals surface area contributed by atoms with Gasteiger partial charge in [0.1, 0.15) is 12.2 Å². The van der Waals surface area contributed by atoms with Crippen molar-refractivity contribution in [2.75, 3.05) is 26.2 Å². The number of benzene rings is 1. The molecular weight excluding hydrogens is 396 g/mol. The van der Waals surface area contributed by atoms with E-state index in [4.69, 9.17) is 14.2 Å². The van der Waals surface area contributed by atoms with Crippen LogP contribution in [0.1, 0.15) is 58.9 Å². The van der Waals surface area contributed by atoms with Gasteiger partial charge in [0.2, 0.25) is 0 Å². The highest BCUT2D eigenvalue weighted by Gasteiger charge is 2.37. The van der Waals surface area contributed by atoms with Crippen molar-refractivity contribution in [2.24, 2.45) is 0 Å². The first-order valence-corrected chi connectivity index (χ1v) is 11.2. The molecule has 2 amide bonds. The van der Waals surface area contributed by atoms with Crippen molar-refractivity contribution in [3.8, 4) is 0 Å². The van der Waals surface area contributed by atoms with Crippen molar-refractivity contribution in [1.29, 1.82) is 0 Å². The molecule has 2 fully saturated rings. The Morgan fingerprint density at radius 3 is 2.13 bits per heavy atom. The first-order chi connectivity index (χ1) is 14.6. The van der Waals surface area contributed by atoms with Gasteiger partial charge < -0.3 is 24.0 Å². The monoisotopic (exact) mass is 432 g/mol. The van der Waals surface area contributed by atoms with Crippen LogP contribution in [0.25, 0.3) is 0 Å². The Morgan fingerprint density at radius 2 is 1.55 bits per heavy atom. The van der Waals surface area contributed by atoms with Gasteiger partial charge in [-0.3, -0.25) is 0 Å². The highest BCUT2D eigenvalue weighted by Crippen LogP contribution is 2.30. The van der Waals surface area contributed by atoms with Crippen molar-refractivity contribution in [2.45, 2.75) is 77.3 Å². The third-order valence-electron chi connectivity index (χ3n) is 5.83. The molecule has 7 heteroatoms. The lowest BCUT2D eigenvalue weighted by molar-refractivity contribution is -0.124. The van der Waals surface area contributed by atoms with Crippen LogP contribution in [0, 0.1) is 0 Å². The van der Waals surface area contributed by atoms with E-state index < -0.39 is 5.60 Å².